The average Bonchev–Trinajstić information content (AvgIpc) is 2.39. The molecule has 19 heavy (non-hydrogen) atoms. The summed E-state index contributed by atoms with van der Waals surface area (Å²) in [6, 6.07) is 8.98. The largest absolute Gasteiger partial charge is 0.392 e. The summed E-state index contributed by atoms with van der Waals surface area (Å²) in [6.07, 6.45) is 11.6. The zero-order valence-corrected chi connectivity index (χ0v) is 12.1. The lowest BCUT2D eigenvalue weighted by atomic mass is 9.85. The lowest BCUT2D eigenvalue weighted by Gasteiger charge is -2.20. The molecule has 0 unspecified atom stereocenters. The molecule has 104 valence electrons. The highest BCUT2D eigenvalue weighted by Gasteiger charge is 2.13. The molecule has 1 fully saturated rings. The Hall–Kier alpha value is -1.08. The molecule has 0 spiro atoms. The number of rotatable bonds is 3. The van der Waals surface area contributed by atoms with Crippen molar-refractivity contribution in [3.05, 3.63) is 41.5 Å². The molecule has 1 heteroatoms. The third kappa shape index (κ3) is 4.21. The highest BCUT2D eigenvalue weighted by Crippen LogP contribution is 2.31. The minimum absolute atomic E-state index is 0.121. The van der Waals surface area contributed by atoms with Crippen molar-refractivity contribution in [2.24, 2.45) is 0 Å². The standard InChI is InChI=1S/C18H26O/c1-15(13-14-19)16-9-11-18(12-10-16)17-7-5-3-2-4-6-8-17/h9-13,17,19H,2-8,14H2,1H3. The maximum Gasteiger partial charge on any atom is 0.0618 e. The van der Waals surface area contributed by atoms with Crippen LogP contribution in [0.25, 0.3) is 5.57 Å². The van der Waals surface area contributed by atoms with Crippen LogP contribution in [0.2, 0.25) is 0 Å². The van der Waals surface area contributed by atoms with E-state index < -0.39 is 0 Å². The Morgan fingerprint density at radius 3 is 2.21 bits per heavy atom. The molecular weight excluding hydrogens is 232 g/mol. The van der Waals surface area contributed by atoms with Gasteiger partial charge in [-0.25, -0.2) is 0 Å². The van der Waals surface area contributed by atoms with Crippen molar-refractivity contribution in [2.45, 2.75) is 57.8 Å². The van der Waals surface area contributed by atoms with E-state index in [-0.39, 0.29) is 6.61 Å². The average molecular weight is 258 g/mol. The molecule has 1 nitrogen and oxygen atoms in total. The molecule has 1 N–H and O–H groups in total. The van der Waals surface area contributed by atoms with Gasteiger partial charge in [0.2, 0.25) is 0 Å². The predicted molar refractivity (Wildman–Crippen MR) is 82.2 cm³/mol. The smallest absolute Gasteiger partial charge is 0.0618 e. The van der Waals surface area contributed by atoms with Gasteiger partial charge in [0, 0.05) is 0 Å². The van der Waals surface area contributed by atoms with Crippen molar-refractivity contribution < 1.29 is 5.11 Å². The first-order valence-electron chi connectivity index (χ1n) is 7.69. The summed E-state index contributed by atoms with van der Waals surface area (Å²) in [5.41, 5.74) is 3.89. The minimum atomic E-state index is 0.121. The zero-order valence-electron chi connectivity index (χ0n) is 12.1. The Balaban J connectivity index is 2.06. The van der Waals surface area contributed by atoms with E-state index in [1.807, 2.05) is 6.08 Å². The maximum absolute atomic E-state index is 8.94. The summed E-state index contributed by atoms with van der Waals surface area (Å²) < 4.78 is 0. The first-order chi connectivity index (χ1) is 9.31. The van der Waals surface area contributed by atoms with Gasteiger partial charge in [0.15, 0.2) is 0 Å². The fourth-order valence-corrected chi connectivity index (χ4v) is 3.06. The molecule has 1 saturated carbocycles. The van der Waals surface area contributed by atoms with E-state index >= 15 is 0 Å². The minimum Gasteiger partial charge on any atom is -0.392 e. The molecule has 1 aromatic carbocycles. The monoisotopic (exact) mass is 258 g/mol. The van der Waals surface area contributed by atoms with Crippen molar-refractivity contribution in [3.8, 4) is 0 Å². The topological polar surface area (TPSA) is 20.2 Å². The maximum atomic E-state index is 8.94. The summed E-state index contributed by atoms with van der Waals surface area (Å²) >= 11 is 0. The second-order valence-electron chi connectivity index (χ2n) is 5.73. The number of hydrogen-bond donors (Lipinski definition) is 1. The Bertz CT molecular complexity index is 394. The molecule has 1 aliphatic carbocycles. The van der Waals surface area contributed by atoms with Gasteiger partial charge in [-0.05, 0) is 42.4 Å². The quantitative estimate of drug-likeness (QED) is 0.816. The Kier molecular flexibility index (Phi) is 5.65. The van der Waals surface area contributed by atoms with Crippen LogP contribution in [0.5, 0.6) is 0 Å². The van der Waals surface area contributed by atoms with Crippen LogP contribution in [0.1, 0.15) is 68.9 Å². The summed E-state index contributed by atoms with van der Waals surface area (Å²) in [6.45, 7) is 2.18. The van der Waals surface area contributed by atoms with E-state index in [9.17, 15) is 0 Å². The molecule has 0 atom stereocenters. The van der Waals surface area contributed by atoms with Crippen LogP contribution in [-0.2, 0) is 0 Å². The Morgan fingerprint density at radius 1 is 1.05 bits per heavy atom. The first kappa shape index (κ1) is 14.3. The fourth-order valence-electron chi connectivity index (χ4n) is 3.06. The van der Waals surface area contributed by atoms with Crippen molar-refractivity contribution in [3.63, 3.8) is 0 Å². The van der Waals surface area contributed by atoms with E-state index in [0.717, 1.165) is 11.5 Å². The fraction of sp³-hybridized carbons (Fsp3) is 0.556. The van der Waals surface area contributed by atoms with E-state index in [0.29, 0.717) is 0 Å². The summed E-state index contributed by atoms with van der Waals surface area (Å²) in [7, 11) is 0. The molecule has 0 radical (unpaired) electrons. The van der Waals surface area contributed by atoms with Crippen LogP contribution in [0.3, 0.4) is 0 Å². The lowest BCUT2D eigenvalue weighted by Crippen LogP contribution is -2.02. The van der Waals surface area contributed by atoms with Gasteiger partial charge in [0.1, 0.15) is 0 Å². The van der Waals surface area contributed by atoms with Crippen LogP contribution >= 0.6 is 0 Å². The van der Waals surface area contributed by atoms with Crippen molar-refractivity contribution >= 4 is 5.57 Å². The zero-order chi connectivity index (χ0) is 13.5. The van der Waals surface area contributed by atoms with E-state index in [4.69, 9.17) is 5.11 Å². The molecule has 1 aromatic rings. The second-order valence-corrected chi connectivity index (χ2v) is 5.73. The van der Waals surface area contributed by atoms with Gasteiger partial charge in [0.05, 0.1) is 6.61 Å². The SMILES string of the molecule is CC(=CCO)c1ccc(C2CCCCCCC2)cc1. The lowest BCUT2D eigenvalue weighted by molar-refractivity contribution is 0.343. The molecule has 0 aliphatic heterocycles. The number of hydrogen-bond acceptors (Lipinski definition) is 1. The number of allylic oxidation sites excluding steroid dienone is 1. The van der Waals surface area contributed by atoms with Gasteiger partial charge in [-0.1, -0.05) is 62.4 Å². The van der Waals surface area contributed by atoms with Gasteiger partial charge < -0.3 is 5.11 Å². The van der Waals surface area contributed by atoms with Crippen molar-refractivity contribution in [2.75, 3.05) is 6.61 Å². The summed E-state index contributed by atoms with van der Waals surface area (Å²) in [5.74, 6) is 0.761. The summed E-state index contributed by atoms with van der Waals surface area (Å²) in [5, 5.41) is 8.94. The Labute approximate surface area is 117 Å². The van der Waals surface area contributed by atoms with Crippen molar-refractivity contribution in [1.29, 1.82) is 0 Å². The second kappa shape index (κ2) is 7.49. The van der Waals surface area contributed by atoms with Crippen LogP contribution in [0.15, 0.2) is 30.3 Å². The van der Waals surface area contributed by atoms with Crippen molar-refractivity contribution in [1.82, 2.24) is 0 Å². The Morgan fingerprint density at radius 2 is 1.63 bits per heavy atom. The first-order valence-corrected chi connectivity index (χ1v) is 7.69. The summed E-state index contributed by atoms with van der Waals surface area (Å²) in [4.78, 5) is 0. The molecule has 0 heterocycles. The van der Waals surface area contributed by atoms with Gasteiger partial charge in [0.25, 0.3) is 0 Å². The van der Waals surface area contributed by atoms with Gasteiger partial charge >= 0.3 is 0 Å². The van der Waals surface area contributed by atoms with Gasteiger partial charge in [-0.2, -0.15) is 0 Å². The number of aliphatic hydroxyl groups excluding tert-OH is 1. The molecule has 0 bridgehead atoms. The van der Waals surface area contributed by atoms with Gasteiger partial charge in [-0.15, -0.1) is 0 Å². The molecule has 2 rings (SSSR count). The van der Waals surface area contributed by atoms with Crippen LogP contribution < -0.4 is 0 Å². The van der Waals surface area contributed by atoms with Crippen LogP contribution in [0.4, 0.5) is 0 Å². The van der Waals surface area contributed by atoms with E-state index in [1.54, 1.807) is 0 Å². The normalized spacial score (nSPS) is 18.9. The van der Waals surface area contributed by atoms with E-state index in [1.165, 1.54) is 56.1 Å². The molecular formula is C18H26O. The predicted octanol–water partition coefficient (Wildman–Crippen LogP) is 4.91. The molecule has 0 amide bonds. The van der Waals surface area contributed by atoms with Crippen LogP contribution in [0, 0.1) is 0 Å². The van der Waals surface area contributed by atoms with Crippen LogP contribution in [-0.4, -0.2) is 11.7 Å². The highest BCUT2D eigenvalue weighted by molar-refractivity contribution is 5.63. The third-order valence-corrected chi connectivity index (χ3v) is 4.34. The molecule has 0 saturated heterocycles. The third-order valence-electron chi connectivity index (χ3n) is 4.34. The van der Waals surface area contributed by atoms with Gasteiger partial charge in [-0.3, -0.25) is 0 Å². The molecule has 0 aromatic heterocycles. The number of aliphatic hydroxyl groups is 1. The highest BCUT2D eigenvalue weighted by atomic mass is 16.2. The molecule has 1 aliphatic rings. The van der Waals surface area contributed by atoms with E-state index in [2.05, 4.69) is 31.2 Å². The number of benzene rings is 1.